The standard InChI is InChI=1S/C16H22N2O/c19-16(18-11-12-4-2-1-3-5-12)15-7-13-6-14(8-15)10-17-9-13/h1-5,13-15,17H,6-11H2,(H,18,19). The highest BCUT2D eigenvalue weighted by molar-refractivity contribution is 5.78. The van der Waals surface area contributed by atoms with Crippen molar-refractivity contribution in [3.63, 3.8) is 0 Å². The van der Waals surface area contributed by atoms with Crippen LogP contribution in [0.5, 0.6) is 0 Å². The van der Waals surface area contributed by atoms with Gasteiger partial charge in [-0.05, 0) is 49.8 Å². The van der Waals surface area contributed by atoms with Crippen LogP contribution in [-0.4, -0.2) is 19.0 Å². The molecule has 3 rings (SSSR count). The zero-order valence-electron chi connectivity index (χ0n) is 11.3. The lowest BCUT2D eigenvalue weighted by atomic mass is 9.73. The number of benzene rings is 1. The van der Waals surface area contributed by atoms with Crippen LogP contribution in [-0.2, 0) is 11.3 Å². The Bertz CT molecular complexity index is 420. The van der Waals surface area contributed by atoms with E-state index < -0.39 is 0 Å². The van der Waals surface area contributed by atoms with Gasteiger partial charge in [-0.1, -0.05) is 30.3 Å². The number of hydrogen-bond acceptors (Lipinski definition) is 2. The Morgan fingerprint density at radius 3 is 2.47 bits per heavy atom. The fraction of sp³-hybridized carbons (Fsp3) is 0.562. The molecule has 1 aromatic rings. The van der Waals surface area contributed by atoms with Crippen molar-refractivity contribution in [2.45, 2.75) is 25.8 Å². The molecule has 3 heteroatoms. The predicted molar refractivity (Wildman–Crippen MR) is 75.5 cm³/mol. The molecule has 2 atom stereocenters. The molecular weight excluding hydrogens is 236 g/mol. The minimum atomic E-state index is 0.231. The van der Waals surface area contributed by atoms with Crippen molar-refractivity contribution < 1.29 is 4.79 Å². The van der Waals surface area contributed by atoms with E-state index in [0.717, 1.165) is 25.9 Å². The van der Waals surface area contributed by atoms with Crippen LogP contribution in [0.4, 0.5) is 0 Å². The van der Waals surface area contributed by atoms with Gasteiger partial charge in [-0.2, -0.15) is 0 Å². The molecule has 0 radical (unpaired) electrons. The average Bonchev–Trinajstić information content (AvgIpc) is 2.45. The van der Waals surface area contributed by atoms with Crippen LogP contribution < -0.4 is 10.6 Å². The first-order valence-electron chi connectivity index (χ1n) is 7.33. The molecule has 102 valence electrons. The molecular formula is C16H22N2O. The molecule has 2 fully saturated rings. The number of hydrogen-bond donors (Lipinski definition) is 2. The molecule has 2 N–H and O–H groups in total. The number of carbonyl (C=O) groups is 1. The highest BCUT2D eigenvalue weighted by Crippen LogP contribution is 2.35. The summed E-state index contributed by atoms with van der Waals surface area (Å²) >= 11 is 0. The van der Waals surface area contributed by atoms with E-state index in [1.807, 2.05) is 18.2 Å². The Balaban J connectivity index is 1.53. The number of piperidine rings is 1. The molecule has 0 aromatic heterocycles. The summed E-state index contributed by atoms with van der Waals surface area (Å²) in [6.45, 7) is 2.85. The van der Waals surface area contributed by atoms with Crippen molar-refractivity contribution >= 4 is 5.91 Å². The zero-order chi connectivity index (χ0) is 13.1. The van der Waals surface area contributed by atoms with Gasteiger partial charge in [-0.25, -0.2) is 0 Å². The largest absolute Gasteiger partial charge is 0.352 e. The number of rotatable bonds is 3. The number of nitrogens with one attached hydrogen (secondary N) is 2. The number of carbonyl (C=O) groups excluding carboxylic acids is 1. The summed E-state index contributed by atoms with van der Waals surface area (Å²) in [4.78, 5) is 12.3. The average molecular weight is 258 g/mol. The van der Waals surface area contributed by atoms with Crippen LogP contribution in [0.25, 0.3) is 0 Å². The molecule has 2 aliphatic rings. The third-order valence-electron chi connectivity index (χ3n) is 4.45. The maximum atomic E-state index is 12.3. The van der Waals surface area contributed by atoms with E-state index in [2.05, 4.69) is 22.8 Å². The van der Waals surface area contributed by atoms with E-state index in [1.165, 1.54) is 12.0 Å². The lowest BCUT2D eigenvalue weighted by Gasteiger charge is -2.38. The number of fused-ring (bicyclic) bond motifs is 2. The first-order valence-corrected chi connectivity index (χ1v) is 7.33. The van der Waals surface area contributed by atoms with Gasteiger partial charge in [0.25, 0.3) is 0 Å². The highest BCUT2D eigenvalue weighted by Gasteiger charge is 2.34. The van der Waals surface area contributed by atoms with Crippen molar-refractivity contribution in [3.8, 4) is 0 Å². The Kier molecular flexibility index (Phi) is 3.83. The molecule has 1 saturated carbocycles. The summed E-state index contributed by atoms with van der Waals surface area (Å²) < 4.78 is 0. The molecule has 1 heterocycles. The fourth-order valence-electron chi connectivity index (χ4n) is 3.53. The first-order chi connectivity index (χ1) is 9.31. The summed E-state index contributed by atoms with van der Waals surface area (Å²) in [7, 11) is 0. The molecule has 0 spiro atoms. The molecule has 1 aliphatic heterocycles. The SMILES string of the molecule is O=C(NCc1ccccc1)C1CC2CNCC(C2)C1. The Hall–Kier alpha value is -1.35. The Morgan fingerprint density at radius 2 is 1.79 bits per heavy atom. The van der Waals surface area contributed by atoms with E-state index in [4.69, 9.17) is 0 Å². The van der Waals surface area contributed by atoms with Gasteiger partial charge in [-0.3, -0.25) is 4.79 Å². The summed E-state index contributed by atoms with van der Waals surface area (Å²) in [6.07, 6.45) is 3.43. The fourth-order valence-corrected chi connectivity index (χ4v) is 3.53. The second kappa shape index (κ2) is 5.74. The molecule has 1 aliphatic carbocycles. The van der Waals surface area contributed by atoms with Crippen LogP contribution in [0.1, 0.15) is 24.8 Å². The van der Waals surface area contributed by atoms with Crippen molar-refractivity contribution in [2.75, 3.05) is 13.1 Å². The van der Waals surface area contributed by atoms with Gasteiger partial charge in [0.2, 0.25) is 5.91 Å². The predicted octanol–water partition coefficient (Wildman–Crippen LogP) is 1.94. The summed E-state index contributed by atoms with van der Waals surface area (Å²) in [6, 6.07) is 10.1. The van der Waals surface area contributed by atoms with E-state index in [1.54, 1.807) is 0 Å². The van der Waals surface area contributed by atoms with Crippen LogP contribution >= 0.6 is 0 Å². The summed E-state index contributed by atoms with van der Waals surface area (Å²) in [5.41, 5.74) is 1.17. The van der Waals surface area contributed by atoms with Gasteiger partial charge in [0.15, 0.2) is 0 Å². The van der Waals surface area contributed by atoms with Gasteiger partial charge in [0.1, 0.15) is 0 Å². The van der Waals surface area contributed by atoms with Crippen molar-refractivity contribution in [1.82, 2.24) is 10.6 Å². The third-order valence-corrected chi connectivity index (χ3v) is 4.45. The minimum Gasteiger partial charge on any atom is -0.352 e. The molecule has 1 saturated heterocycles. The Labute approximate surface area is 114 Å². The Morgan fingerprint density at radius 1 is 1.11 bits per heavy atom. The highest BCUT2D eigenvalue weighted by atomic mass is 16.1. The lowest BCUT2D eigenvalue weighted by molar-refractivity contribution is -0.127. The molecule has 1 aromatic carbocycles. The van der Waals surface area contributed by atoms with Crippen molar-refractivity contribution in [2.24, 2.45) is 17.8 Å². The van der Waals surface area contributed by atoms with Gasteiger partial charge >= 0.3 is 0 Å². The van der Waals surface area contributed by atoms with E-state index in [9.17, 15) is 4.79 Å². The third kappa shape index (κ3) is 3.16. The molecule has 3 nitrogen and oxygen atoms in total. The van der Waals surface area contributed by atoms with Gasteiger partial charge < -0.3 is 10.6 Å². The minimum absolute atomic E-state index is 0.231. The molecule has 2 unspecified atom stereocenters. The monoisotopic (exact) mass is 258 g/mol. The van der Waals surface area contributed by atoms with Crippen LogP contribution in [0.15, 0.2) is 30.3 Å². The molecule has 1 amide bonds. The maximum Gasteiger partial charge on any atom is 0.223 e. The van der Waals surface area contributed by atoms with Crippen LogP contribution in [0.2, 0.25) is 0 Å². The van der Waals surface area contributed by atoms with E-state index in [-0.39, 0.29) is 11.8 Å². The molecule has 19 heavy (non-hydrogen) atoms. The maximum absolute atomic E-state index is 12.3. The van der Waals surface area contributed by atoms with Crippen LogP contribution in [0, 0.1) is 17.8 Å². The first kappa shape index (κ1) is 12.7. The summed E-state index contributed by atoms with van der Waals surface area (Å²) in [5, 5.41) is 6.57. The molecule has 2 bridgehead atoms. The van der Waals surface area contributed by atoms with Gasteiger partial charge in [0.05, 0.1) is 0 Å². The zero-order valence-corrected chi connectivity index (χ0v) is 11.3. The second-order valence-corrected chi connectivity index (χ2v) is 6.00. The normalized spacial score (nSPS) is 29.8. The smallest absolute Gasteiger partial charge is 0.223 e. The quantitative estimate of drug-likeness (QED) is 0.870. The lowest BCUT2D eigenvalue weighted by Crippen LogP contribution is -2.45. The van der Waals surface area contributed by atoms with Gasteiger partial charge in [0, 0.05) is 12.5 Å². The van der Waals surface area contributed by atoms with Crippen molar-refractivity contribution in [3.05, 3.63) is 35.9 Å². The van der Waals surface area contributed by atoms with Crippen molar-refractivity contribution in [1.29, 1.82) is 0 Å². The number of amides is 1. The van der Waals surface area contributed by atoms with Crippen LogP contribution in [0.3, 0.4) is 0 Å². The topological polar surface area (TPSA) is 41.1 Å². The van der Waals surface area contributed by atoms with Gasteiger partial charge in [-0.15, -0.1) is 0 Å². The van der Waals surface area contributed by atoms with E-state index >= 15 is 0 Å². The summed E-state index contributed by atoms with van der Waals surface area (Å²) in [5.74, 6) is 1.90. The second-order valence-electron chi connectivity index (χ2n) is 6.00. The van der Waals surface area contributed by atoms with E-state index in [0.29, 0.717) is 18.4 Å².